The molecule has 0 aliphatic carbocycles. The van der Waals surface area contributed by atoms with Gasteiger partial charge in [0.2, 0.25) is 0 Å². The van der Waals surface area contributed by atoms with Crippen molar-refractivity contribution < 1.29 is 9.90 Å². The van der Waals surface area contributed by atoms with Crippen molar-refractivity contribution >= 4 is 11.7 Å². The van der Waals surface area contributed by atoms with Gasteiger partial charge in [-0.3, -0.25) is 0 Å². The lowest BCUT2D eigenvalue weighted by Gasteiger charge is -2.15. The quantitative estimate of drug-likeness (QED) is 0.839. The molecule has 17 heavy (non-hydrogen) atoms. The van der Waals surface area contributed by atoms with Crippen LogP contribution in [0.4, 0.5) is 5.69 Å². The highest BCUT2D eigenvalue weighted by Crippen LogP contribution is 2.18. The normalized spacial score (nSPS) is 12.1. The maximum atomic E-state index is 11.3. The predicted octanol–water partition coefficient (Wildman–Crippen LogP) is 1.66. The molecule has 1 atom stereocenters. The summed E-state index contributed by atoms with van der Waals surface area (Å²) in [6.07, 6.45) is 3.13. The fourth-order valence-corrected chi connectivity index (χ4v) is 1.61. The summed E-state index contributed by atoms with van der Waals surface area (Å²) in [5, 5.41) is 12.2. The summed E-state index contributed by atoms with van der Waals surface area (Å²) in [6, 6.07) is 8.43. The number of nitrogens with zero attached hydrogens (tertiary/aromatic N) is 2. The largest absolute Gasteiger partial charge is 0.479 e. The zero-order valence-corrected chi connectivity index (χ0v) is 9.37. The van der Waals surface area contributed by atoms with Crippen molar-refractivity contribution in [2.75, 3.05) is 5.32 Å². The van der Waals surface area contributed by atoms with Crippen molar-refractivity contribution in [2.45, 2.75) is 6.04 Å². The van der Waals surface area contributed by atoms with E-state index >= 15 is 0 Å². The van der Waals surface area contributed by atoms with E-state index in [-0.39, 0.29) is 0 Å². The van der Waals surface area contributed by atoms with Gasteiger partial charge in [-0.1, -0.05) is 18.2 Å². The van der Waals surface area contributed by atoms with Crippen molar-refractivity contribution in [1.82, 2.24) is 9.55 Å². The van der Waals surface area contributed by atoms with Crippen LogP contribution < -0.4 is 5.32 Å². The molecule has 1 aromatic heterocycles. The van der Waals surface area contributed by atoms with Gasteiger partial charge in [0.05, 0.1) is 18.2 Å². The molecule has 0 bridgehead atoms. The smallest absolute Gasteiger partial charge is 0.332 e. The van der Waals surface area contributed by atoms with Gasteiger partial charge in [-0.25, -0.2) is 9.78 Å². The summed E-state index contributed by atoms with van der Waals surface area (Å²) in [5.41, 5.74) is 1.38. The van der Waals surface area contributed by atoms with E-state index in [9.17, 15) is 9.90 Å². The lowest BCUT2D eigenvalue weighted by molar-refractivity contribution is -0.138. The Morgan fingerprint density at radius 2 is 2.12 bits per heavy atom. The molecule has 0 fully saturated rings. The van der Waals surface area contributed by atoms with Crippen molar-refractivity contribution in [1.29, 1.82) is 0 Å². The van der Waals surface area contributed by atoms with E-state index in [2.05, 4.69) is 10.3 Å². The van der Waals surface area contributed by atoms with Gasteiger partial charge in [0.1, 0.15) is 0 Å². The number of aryl methyl sites for hydroxylation is 1. The minimum Gasteiger partial charge on any atom is -0.479 e. The maximum absolute atomic E-state index is 11.3. The van der Waals surface area contributed by atoms with Crippen LogP contribution in [0.25, 0.3) is 0 Å². The summed E-state index contributed by atoms with van der Waals surface area (Å²) >= 11 is 0. The number of benzene rings is 1. The second-order valence-corrected chi connectivity index (χ2v) is 3.71. The molecule has 0 aliphatic heterocycles. The van der Waals surface area contributed by atoms with E-state index < -0.39 is 12.0 Å². The number of carboxylic acid groups (broad SMARTS) is 1. The number of rotatable bonds is 4. The number of aliphatic carboxylic acids is 1. The highest BCUT2D eigenvalue weighted by molar-refractivity contribution is 5.78. The van der Waals surface area contributed by atoms with Gasteiger partial charge in [-0.05, 0) is 12.1 Å². The van der Waals surface area contributed by atoms with Gasteiger partial charge in [-0.2, -0.15) is 0 Å². The monoisotopic (exact) mass is 231 g/mol. The van der Waals surface area contributed by atoms with Crippen LogP contribution >= 0.6 is 0 Å². The fourth-order valence-electron chi connectivity index (χ4n) is 1.61. The molecule has 0 spiro atoms. The Kier molecular flexibility index (Phi) is 3.09. The number of carboxylic acids is 1. The zero-order valence-electron chi connectivity index (χ0n) is 9.37. The molecule has 0 amide bonds. The lowest BCUT2D eigenvalue weighted by atomic mass is 10.2. The molecular weight excluding hydrogens is 218 g/mol. The molecule has 2 rings (SSSR count). The Morgan fingerprint density at radius 3 is 2.65 bits per heavy atom. The van der Waals surface area contributed by atoms with E-state index in [1.165, 1.54) is 0 Å². The number of carbonyl (C=O) groups is 1. The highest BCUT2D eigenvalue weighted by atomic mass is 16.4. The number of aromatic nitrogens is 2. The molecule has 5 heteroatoms. The molecule has 0 saturated carbocycles. The summed E-state index contributed by atoms with van der Waals surface area (Å²) in [4.78, 5) is 15.2. The lowest BCUT2D eigenvalue weighted by Crippen LogP contribution is -2.22. The van der Waals surface area contributed by atoms with Crippen LogP contribution in [0, 0.1) is 0 Å². The van der Waals surface area contributed by atoms with Crippen LogP contribution in [0.5, 0.6) is 0 Å². The topological polar surface area (TPSA) is 67.2 Å². The van der Waals surface area contributed by atoms with E-state index in [4.69, 9.17) is 0 Å². The molecule has 1 unspecified atom stereocenters. The van der Waals surface area contributed by atoms with Crippen molar-refractivity contribution in [2.24, 2.45) is 7.05 Å². The van der Waals surface area contributed by atoms with Gasteiger partial charge in [0, 0.05) is 12.7 Å². The van der Waals surface area contributed by atoms with E-state index in [1.807, 2.05) is 30.3 Å². The minimum atomic E-state index is -0.933. The first kappa shape index (κ1) is 11.2. The first-order valence-corrected chi connectivity index (χ1v) is 5.19. The third-order valence-corrected chi connectivity index (χ3v) is 2.48. The fraction of sp³-hybridized carbons (Fsp3) is 0.167. The third kappa shape index (κ3) is 2.44. The van der Waals surface area contributed by atoms with E-state index in [1.54, 1.807) is 24.1 Å². The Morgan fingerprint density at radius 1 is 1.41 bits per heavy atom. The molecule has 1 heterocycles. The van der Waals surface area contributed by atoms with Crippen molar-refractivity contribution in [3.8, 4) is 0 Å². The first-order valence-electron chi connectivity index (χ1n) is 5.19. The predicted molar refractivity (Wildman–Crippen MR) is 63.6 cm³/mol. The average molecular weight is 231 g/mol. The van der Waals surface area contributed by atoms with Crippen LogP contribution in [-0.4, -0.2) is 20.6 Å². The van der Waals surface area contributed by atoms with Crippen molar-refractivity contribution in [3.05, 3.63) is 48.5 Å². The molecule has 1 aromatic carbocycles. The first-order chi connectivity index (χ1) is 8.18. The Bertz CT molecular complexity index is 507. The van der Waals surface area contributed by atoms with Gasteiger partial charge in [0.25, 0.3) is 0 Å². The van der Waals surface area contributed by atoms with Crippen LogP contribution in [-0.2, 0) is 11.8 Å². The summed E-state index contributed by atoms with van der Waals surface area (Å²) in [6.45, 7) is 0. The Balaban J connectivity index is 2.26. The minimum absolute atomic E-state index is 0.612. The molecule has 0 saturated heterocycles. The number of imidazole rings is 1. The van der Waals surface area contributed by atoms with Crippen LogP contribution in [0.2, 0.25) is 0 Å². The second-order valence-electron chi connectivity index (χ2n) is 3.71. The molecule has 88 valence electrons. The molecular formula is C12H13N3O2. The van der Waals surface area contributed by atoms with Crippen LogP contribution in [0.1, 0.15) is 11.7 Å². The molecule has 0 aliphatic rings. The third-order valence-electron chi connectivity index (χ3n) is 2.48. The van der Waals surface area contributed by atoms with E-state index in [0.717, 1.165) is 5.69 Å². The Labute approximate surface area is 98.7 Å². The van der Waals surface area contributed by atoms with Gasteiger partial charge in [0.15, 0.2) is 6.04 Å². The molecule has 2 aromatic rings. The zero-order chi connectivity index (χ0) is 12.3. The van der Waals surface area contributed by atoms with Gasteiger partial charge >= 0.3 is 5.97 Å². The van der Waals surface area contributed by atoms with Crippen LogP contribution in [0.15, 0.2) is 42.9 Å². The SMILES string of the molecule is Cn1cncc1C(Nc1ccccc1)C(=O)O. The number of nitrogens with one attached hydrogen (secondary N) is 1. The number of anilines is 1. The second kappa shape index (κ2) is 4.69. The van der Waals surface area contributed by atoms with Gasteiger partial charge < -0.3 is 15.0 Å². The molecule has 0 radical (unpaired) electrons. The summed E-state index contributed by atoms with van der Waals surface area (Å²) < 4.78 is 1.69. The summed E-state index contributed by atoms with van der Waals surface area (Å²) in [7, 11) is 1.77. The number of hydrogen-bond acceptors (Lipinski definition) is 3. The highest BCUT2D eigenvalue weighted by Gasteiger charge is 2.22. The van der Waals surface area contributed by atoms with Gasteiger partial charge in [-0.15, -0.1) is 0 Å². The molecule has 2 N–H and O–H groups in total. The average Bonchev–Trinajstić information content (AvgIpc) is 2.73. The number of hydrogen-bond donors (Lipinski definition) is 2. The summed E-state index contributed by atoms with van der Waals surface area (Å²) in [5.74, 6) is -0.933. The van der Waals surface area contributed by atoms with E-state index in [0.29, 0.717) is 5.69 Å². The van der Waals surface area contributed by atoms with Crippen molar-refractivity contribution in [3.63, 3.8) is 0 Å². The Hall–Kier alpha value is -2.30. The standard InChI is InChI=1S/C12H13N3O2/c1-15-8-13-7-10(15)11(12(16)17)14-9-5-3-2-4-6-9/h2-8,11,14H,1H3,(H,16,17). The van der Waals surface area contributed by atoms with Crippen LogP contribution in [0.3, 0.4) is 0 Å². The molecule has 5 nitrogen and oxygen atoms in total. The number of para-hydroxylation sites is 1. The maximum Gasteiger partial charge on any atom is 0.332 e.